The van der Waals surface area contributed by atoms with Gasteiger partial charge in [-0.2, -0.15) is 5.10 Å². The van der Waals surface area contributed by atoms with Crippen molar-refractivity contribution in [2.75, 3.05) is 18.9 Å². The van der Waals surface area contributed by atoms with E-state index in [0.717, 1.165) is 50.7 Å². The van der Waals surface area contributed by atoms with E-state index in [1.54, 1.807) is 7.05 Å². The molecule has 0 saturated carbocycles. The number of hydrogen-bond acceptors (Lipinski definition) is 4. The number of carbonyl (C=O) groups is 2. The molecule has 0 aliphatic heterocycles. The van der Waals surface area contributed by atoms with Gasteiger partial charge in [-0.3, -0.25) is 9.59 Å². The van der Waals surface area contributed by atoms with Gasteiger partial charge >= 0.3 is 0 Å². The molecule has 0 aliphatic rings. The molecule has 2 heterocycles. The third kappa shape index (κ3) is 4.93. The molecule has 0 fully saturated rings. The quantitative estimate of drug-likeness (QED) is 0.659. The van der Waals surface area contributed by atoms with Crippen molar-refractivity contribution in [1.29, 1.82) is 0 Å². The Labute approximate surface area is 183 Å². The van der Waals surface area contributed by atoms with Crippen molar-refractivity contribution < 1.29 is 9.59 Å². The average molecular weight is 422 g/mol. The van der Waals surface area contributed by atoms with Crippen molar-refractivity contribution in [2.24, 2.45) is 0 Å². The Bertz CT molecular complexity index is 1140. The van der Waals surface area contributed by atoms with E-state index in [9.17, 15) is 9.59 Å². The van der Waals surface area contributed by atoms with Crippen molar-refractivity contribution >= 4 is 23.1 Å². The van der Waals surface area contributed by atoms with Crippen LogP contribution in [0.4, 0.5) is 5.69 Å². The van der Waals surface area contributed by atoms with Crippen molar-refractivity contribution in [3.8, 4) is 0 Å². The van der Waals surface area contributed by atoms with Crippen molar-refractivity contribution in [1.82, 2.24) is 19.5 Å². The molecule has 2 aromatic heterocycles. The van der Waals surface area contributed by atoms with Crippen LogP contribution in [-0.2, 0) is 16.0 Å². The standard InChI is InChI=1S/C24H31N5O2/c1-14-10-15(2)24(16(3)11-14)26-22(30)13-28(7)23(31)9-8-20-18(5)25-21-12-17(4)27-29(21)19(20)6/h10-12H,8-9,13H2,1-7H3,(H,26,30). The number of aryl methyl sites for hydroxylation is 6. The van der Waals surface area contributed by atoms with E-state index in [4.69, 9.17) is 0 Å². The monoisotopic (exact) mass is 421 g/mol. The SMILES string of the molecule is Cc1cc(C)c(NC(=O)CN(C)C(=O)CCc2c(C)nc3cc(C)nn3c2C)c(C)c1. The maximum atomic E-state index is 12.7. The second kappa shape index (κ2) is 8.88. The van der Waals surface area contributed by atoms with Gasteiger partial charge in [0.25, 0.3) is 0 Å². The van der Waals surface area contributed by atoms with Gasteiger partial charge in [0, 0.05) is 36.6 Å². The Morgan fingerprint density at radius 3 is 2.32 bits per heavy atom. The van der Waals surface area contributed by atoms with Gasteiger partial charge in [-0.15, -0.1) is 0 Å². The summed E-state index contributed by atoms with van der Waals surface area (Å²) >= 11 is 0. The van der Waals surface area contributed by atoms with Gasteiger partial charge in [0.2, 0.25) is 11.8 Å². The number of rotatable bonds is 6. The summed E-state index contributed by atoms with van der Waals surface area (Å²) in [6.45, 7) is 11.9. The maximum Gasteiger partial charge on any atom is 0.243 e. The zero-order valence-corrected chi connectivity index (χ0v) is 19.5. The number of benzene rings is 1. The van der Waals surface area contributed by atoms with Crippen LogP contribution in [0.15, 0.2) is 18.2 Å². The van der Waals surface area contributed by atoms with Crippen molar-refractivity contribution in [2.45, 2.75) is 54.4 Å². The van der Waals surface area contributed by atoms with Gasteiger partial charge in [0.05, 0.1) is 12.2 Å². The number of hydrogen-bond donors (Lipinski definition) is 1. The Morgan fingerprint density at radius 2 is 1.68 bits per heavy atom. The summed E-state index contributed by atoms with van der Waals surface area (Å²) in [4.78, 5) is 31.3. The molecule has 7 heteroatoms. The fraction of sp³-hybridized carbons (Fsp3) is 0.417. The highest BCUT2D eigenvalue weighted by Crippen LogP contribution is 2.22. The van der Waals surface area contributed by atoms with E-state index in [1.165, 1.54) is 4.90 Å². The highest BCUT2D eigenvalue weighted by molar-refractivity contribution is 5.95. The lowest BCUT2D eigenvalue weighted by Crippen LogP contribution is -2.35. The minimum absolute atomic E-state index is 0.0131. The molecule has 0 bridgehead atoms. The lowest BCUT2D eigenvalue weighted by Gasteiger charge is -2.19. The van der Waals surface area contributed by atoms with Gasteiger partial charge < -0.3 is 10.2 Å². The predicted octanol–water partition coefficient (Wildman–Crippen LogP) is 3.61. The van der Waals surface area contributed by atoms with Gasteiger partial charge in [-0.05, 0) is 64.7 Å². The van der Waals surface area contributed by atoms with E-state index >= 15 is 0 Å². The summed E-state index contributed by atoms with van der Waals surface area (Å²) in [5, 5.41) is 7.43. The molecule has 0 saturated heterocycles. The number of nitrogens with zero attached hydrogens (tertiary/aromatic N) is 4. The van der Waals surface area contributed by atoms with E-state index < -0.39 is 0 Å². The summed E-state index contributed by atoms with van der Waals surface area (Å²) in [5.74, 6) is -0.281. The molecule has 0 radical (unpaired) electrons. The topological polar surface area (TPSA) is 79.6 Å². The van der Waals surface area contributed by atoms with Crippen LogP contribution in [0.2, 0.25) is 0 Å². The van der Waals surface area contributed by atoms with Crippen LogP contribution >= 0.6 is 0 Å². The molecule has 1 N–H and O–H groups in total. The molecular formula is C24H31N5O2. The first-order chi connectivity index (χ1) is 14.6. The third-order valence-corrected chi connectivity index (χ3v) is 5.62. The molecule has 0 spiro atoms. The van der Waals surface area contributed by atoms with Gasteiger partial charge in [0.15, 0.2) is 5.65 Å². The predicted molar refractivity (Wildman–Crippen MR) is 122 cm³/mol. The first-order valence-corrected chi connectivity index (χ1v) is 10.5. The fourth-order valence-electron chi connectivity index (χ4n) is 4.09. The number of carbonyl (C=O) groups excluding carboxylic acids is 2. The van der Waals surface area contributed by atoms with Gasteiger partial charge in [0.1, 0.15) is 0 Å². The molecular weight excluding hydrogens is 390 g/mol. The lowest BCUT2D eigenvalue weighted by atomic mass is 10.1. The van der Waals surface area contributed by atoms with E-state index in [0.29, 0.717) is 12.8 Å². The number of aromatic nitrogens is 3. The van der Waals surface area contributed by atoms with Gasteiger partial charge in [-0.25, -0.2) is 9.50 Å². The number of anilines is 1. The Hall–Kier alpha value is -3.22. The Kier molecular flexibility index (Phi) is 6.43. The summed E-state index contributed by atoms with van der Waals surface area (Å²) in [6.07, 6.45) is 0.863. The first kappa shape index (κ1) is 22.5. The fourth-order valence-corrected chi connectivity index (χ4v) is 4.09. The molecule has 3 aromatic rings. The molecule has 31 heavy (non-hydrogen) atoms. The maximum absolute atomic E-state index is 12.7. The van der Waals surface area contributed by atoms with Crippen LogP contribution in [0.1, 0.15) is 45.8 Å². The minimum atomic E-state index is -0.201. The van der Waals surface area contributed by atoms with Crippen LogP contribution in [0.3, 0.4) is 0 Å². The zero-order valence-electron chi connectivity index (χ0n) is 19.5. The lowest BCUT2D eigenvalue weighted by molar-refractivity contribution is -0.133. The smallest absolute Gasteiger partial charge is 0.243 e. The van der Waals surface area contributed by atoms with E-state index in [-0.39, 0.29) is 18.4 Å². The summed E-state index contributed by atoms with van der Waals surface area (Å²) in [6, 6.07) is 6.01. The highest BCUT2D eigenvalue weighted by Gasteiger charge is 2.17. The van der Waals surface area contributed by atoms with Crippen LogP contribution in [-0.4, -0.2) is 44.9 Å². The van der Waals surface area contributed by atoms with E-state index in [1.807, 2.05) is 64.3 Å². The largest absolute Gasteiger partial charge is 0.336 e. The molecule has 2 amide bonds. The molecule has 3 rings (SSSR count). The van der Waals surface area contributed by atoms with Crippen molar-refractivity contribution in [3.63, 3.8) is 0 Å². The number of fused-ring (bicyclic) bond motifs is 1. The molecule has 164 valence electrons. The average Bonchev–Trinajstić information content (AvgIpc) is 3.04. The third-order valence-electron chi connectivity index (χ3n) is 5.62. The van der Waals surface area contributed by atoms with E-state index in [2.05, 4.69) is 15.4 Å². The zero-order chi connectivity index (χ0) is 22.9. The molecule has 0 atom stereocenters. The summed E-state index contributed by atoms with van der Waals surface area (Å²) < 4.78 is 1.82. The van der Waals surface area contributed by atoms with Crippen LogP contribution < -0.4 is 5.32 Å². The highest BCUT2D eigenvalue weighted by atomic mass is 16.2. The van der Waals surface area contributed by atoms with Crippen molar-refractivity contribution in [3.05, 3.63) is 57.5 Å². The Morgan fingerprint density at radius 1 is 1.03 bits per heavy atom. The molecule has 7 nitrogen and oxygen atoms in total. The normalized spacial score (nSPS) is 11.1. The van der Waals surface area contributed by atoms with Gasteiger partial charge in [-0.1, -0.05) is 17.7 Å². The minimum Gasteiger partial charge on any atom is -0.336 e. The first-order valence-electron chi connectivity index (χ1n) is 10.5. The van der Waals surface area contributed by atoms with Crippen LogP contribution in [0.5, 0.6) is 0 Å². The Balaban J connectivity index is 1.62. The summed E-state index contributed by atoms with van der Waals surface area (Å²) in [5.41, 5.74) is 8.65. The number of amides is 2. The molecule has 1 aromatic carbocycles. The second-order valence-corrected chi connectivity index (χ2v) is 8.39. The van der Waals surface area contributed by atoms with Crippen LogP contribution in [0, 0.1) is 41.5 Å². The second-order valence-electron chi connectivity index (χ2n) is 8.39. The molecule has 0 aliphatic carbocycles. The summed E-state index contributed by atoms with van der Waals surface area (Å²) in [7, 11) is 1.66. The number of nitrogens with one attached hydrogen (secondary N) is 1. The van der Waals surface area contributed by atoms with Crippen LogP contribution in [0.25, 0.3) is 5.65 Å². The number of likely N-dealkylation sites (N-methyl/N-ethyl adjacent to an activating group) is 1. The molecule has 0 unspecified atom stereocenters.